The van der Waals surface area contributed by atoms with Crippen LogP contribution in [0.3, 0.4) is 0 Å². The molecule has 0 radical (unpaired) electrons. The highest BCUT2D eigenvalue weighted by molar-refractivity contribution is 7.92. The van der Waals surface area contributed by atoms with Gasteiger partial charge in [-0.2, -0.15) is 0 Å². The van der Waals surface area contributed by atoms with Crippen LogP contribution in [0.1, 0.15) is 65.0 Å². The molecule has 3 aromatic rings. The Bertz CT molecular complexity index is 1410. The number of aryl methyl sites for hydroxylation is 2. The number of anilines is 2. The van der Waals surface area contributed by atoms with Crippen LogP contribution in [-0.4, -0.2) is 20.8 Å². The number of ether oxygens (including phenoxy) is 1. The summed E-state index contributed by atoms with van der Waals surface area (Å²) < 4.78 is 35.0. The van der Waals surface area contributed by atoms with E-state index in [1.54, 1.807) is 18.2 Å². The first-order chi connectivity index (χ1) is 17.1. The van der Waals surface area contributed by atoms with Crippen molar-refractivity contribution < 1.29 is 17.9 Å². The molecule has 0 spiro atoms. The summed E-state index contributed by atoms with van der Waals surface area (Å²) in [6, 6.07) is 18.6. The average molecular weight is 505 g/mol. The normalized spacial score (nSPS) is 21.0. The molecule has 3 aromatic carbocycles. The molecule has 1 saturated heterocycles. The molecule has 1 fully saturated rings. The van der Waals surface area contributed by atoms with Crippen LogP contribution in [0.5, 0.6) is 0 Å². The van der Waals surface area contributed by atoms with Crippen molar-refractivity contribution in [2.24, 2.45) is 11.8 Å². The van der Waals surface area contributed by atoms with E-state index in [4.69, 9.17) is 4.74 Å². The largest absolute Gasteiger partial charge is 0.378 e. The minimum Gasteiger partial charge on any atom is -0.378 e. The number of carbonyl (C=O) groups excluding carboxylic acids is 1. The highest BCUT2D eigenvalue weighted by Crippen LogP contribution is 2.50. The number of Topliss-reactive ketones (excluding diaryl/α,β-unsaturated/α-hetero) is 1. The van der Waals surface area contributed by atoms with E-state index in [2.05, 4.69) is 10.0 Å². The van der Waals surface area contributed by atoms with Crippen LogP contribution in [-0.2, 0) is 14.8 Å². The number of sulfonamides is 1. The Balaban J connectivity index is 1.41. The van der Waals surface area contributed by atoms with Crippen molar-refractivity contribution in [3.8, 4) is 0 Å². The number of benzene rings is 3. The quantitative estimate of drug-likeness (QED) is 0.391. The maximum atomic E-state index is 13.0. The maximum Gasteiger partial charge on any atom is 0.261 e. The van der Waals surface area contributed by atoms with E-state index in [9.17, 15) is 13.2 Å². The summed E-state index contributed by atoms with van der Waals surface area (Å²) in [5, 5.41) is 3.65. The Morgan fingerprint density at radius 3 is 2.44 bits per heavy atom. The van der Waals surface area contributed by atoms with Crippen LogP contribution in [0.15, 0.2) is 65.6 Å². The van der Waals surface area contributed by atoms with Gasteiger partial charge in [0.2, 0.25) is 0 Å². The molecule has 2 aliphatic heterocycles. The van der Waals surface area contributed by atoms with E-state index < -0.39 is 10.0 Å². The average Bonchev–Trinajstić information content (AvgIpc) is 3.35. The molecule has 2 N–H and O–H groups in total. The van der Waals surface area contributed by atoms with Gasteiger partial charge >= 0.3 is 0 Å². The fourth-order valence-electron chi connectivity index (χ4n) is 5.15. The van der Waals surface area contributed by atoms with E-state index in [1.807, 2.05) is 70.2 Å². The Labute approximate surface area is 213 Å². The summed E-state index contributed by atoms with van der Waals surface area (Å²) in [6.07, 6.45) is 0.766. The molecule has 188 valence electrons. The molecule has 2 heterocycles. The lowest BCUT2D eigenvalue weighted by Gasteiger charge is -2.36. The predicted molar refractivity (Wildman–Crippen MR) is 142 cm³/mol. The Morgan fingerprint density at radius 2 is 1.75 bits per heavy atom. The zero-order valence-electron chi connectivity index (χ0n) is 21.0. The minimum absolute atomic E-state index is 0.0372. The van der Waals surface area contributed by atoms with Gasteiger partial charge < -0.3 is 10.1 Å². The Hall–Kier alpha value is -3.16. The van der Waals surface area contributed by atoms with Crippen LogP contribution < -0.4 is 10.0 Å². The van der Waals surface area contributed by atoms with Gasteiger partial charge in [-0.1, -0.05) is 44.2 Å². The molecule has 0 aliphatic carbocycles. The summed E-state index contributed by atoms with van der Waals surface area (Å²) in [7, 11) is -3.71. The molecule has 0 saturated carbocycles. The standard InChI is InChI=1S/C29H32N2O4S/c1-17(2)28(32)21-8-6-20(7-9-21)27-24-13-14-35-29(24)25-16-22(10-12-26(25)30-27)31-36(33,34)23-11-5-18(3)19(4)15-23/h5-12,15-17,24,27,29-31H,13-14H2,1-4H3/t24-,27?,29-/m1/s1. The second-order valence-electron chi connectivity index (χ2n) is 10.2. The molecule has 0 aromatic heterocycles. The predicted octanol–water partition coefficient (Wildman–Crippen LogP) is 6.19. The van der Waals surface area contributed by atoms with Crippen LogP contribution in [0.4, 0.5) is 11.4 Å². The van der Waals surface area contributed by atoms with Crippen LogP contribution in [0.25, 0.3) is 0 Å². The number of fused-ring (bicyclic) bond motifs is 3. The number of rotatable bonds is 6. The van der Waals surface area contributed by atoms with E-state index in [0.717, 1.165) is 39.9 Å². The highest BCUT2D eigenvalue weighted by Gasteiger charge is 2.41. The third-order valence-corrected chi connectivity index (χ3v) is 8.73. The third-order valence-electron chi connectivity index (χ3n) is 7.35. The summed E-state index contributed by atoms with van der Waals surface area (Å²) in [6.45, 7) is 8.33. The Kier molecular flexibility index (Phi) is 6.39. The molecule has 0 amide bonds. The number of ketones is 1. The van der Waals surface area contributed by atoms with Gasteiger partial charge in [-0.3, -0.25) is 9.52 Å². The van der Waals surface area contributed by atoms with Crippen molar-refractivity contribution in [2.75, 3.05) is 16.6 Å². The van der Waals surface area contributed by atoms with Gasteiger partial charge in [-0.05, 0) is 67.3 Å². The van der Waals surface area contributed by atoms with Crippen molar-refractivity contribution in [3.05, 3.63) is 88.5 Å². The molecule has 0 bridgehead atoms. The molecular weight excluding hydrogens is 472 g/mol. The maximum absolute atomic E-state index is 13.0. The summed E-state index contributed by atoms with van der Waals surface area (Å²) in [4.78, 5) is 12.6. The second kappa shape index (κ2) is 9.37. The molecule has 6 nitrogen and oxygen atoms in total. The van der Waals surface area contributed by atoms with Crippen LogP contribution >= 0.6 is 0 Å². The van der Waals surface area contributed by atoms with E-state index in [0.29, 0.717) is 12.3 Å². The number of hydrogen-bond acceptors (Lipinski definition) is 5. The SMILES string of the molecule is Cc1ccc(S(=O)(=O)Nc2ccc3c(c2)[C@@H]2OCC[C@@H]2C(c2ccc(C(=O)C(C)C)cc2)N3)cc1C. The van der Waals surface area contributed by atoms with Crippen molar-refractivity contribution in [3.63, 3.8) is 0 Å². The smallest absolute Gasteiger partial charge is 0.261 e. The fourth-order valence-corrected chi connectivity index (χ4v) is 6.28. The molecule has 36 heavy (non-hydrogen) atoms. The van der Waals surface area contributed by atoms with E-state index >= 15 is 0 Å². The van der Waals surface area contributed by atoms with Gasteiger partial charge in [-0.25, -0.2) is 8.42 Å². The third kappa shape index (κ3) is 4.53. The number of hydrogen-bond donors (Lipinski definition) is 2. The molecule has 2 aliphatic rings. The second-order valence-corrected chi connectivity index (χ2v) is 11.8. The number of nitrogens with one attached hydrogen (secondary N) is 2. The van der Waals surface area contributed by atoms with Crippen LogP contribution in [0, 0.1) is 25.7 Å². The summed E-state index contributed by atoms with van der Waals surface area (Å²) in [5.74, 6) is 0.307. The van der Waals surface area contributed by atoms with Crippen molar-refractivity contribution in [1.82, 2.24) is 0 Å². The lowest BCUT2D eigenvalue weighted by molar-refractivity contribution is 0.0829. The van der Waals surface area contributed by atoms with E-state index in [-0.39, 0.29) is 34.7 Å². The summed E-state index contributed by atoms with van der Waals surface area (Å²) >= 11 is 0. The molecule has 7 heteroatoms. The Morgan fingerprint density at radius 1 is 1.00 bits per heavy atom. The lowest BCUT2D eigenvalue weighted by Crippen LogP contribution is -2.29. The monoisotopic (exact) mass is 504 g/mol. The van der Waals surface area contributed by atoms with Crippen molar-refractivity contribution >= 4 is 27.2 Å². The van der Waals surface area contributed by atoms with Gasteiger partial charge in [-0.15, -0.1) is 0 Å². The molecule has 3 atom stereocenters. The minimum atomic E-state index is -3.71. The summed E-state index contributed by atoms with van der Waals surface area (Å²) in [5.41, 5.74) is 6.22. The molecule has 1 unspecified atom stereocenters. The van der Waals surface area contributed by atoms with Crippen molar-refractivity contribution in [2.45, 2.75) is 51.2 Å². The zero-order valence-corrected chi connectivity index (χ0v) is 21.9. The lowest BCUT2D eigenvalue weighted by atomic mass is 9.80. The number of carbonyl (C=O) groups is 1. The van der Waals surface area contributed by atoms with Gasteiger partial charge in [0, 0.05) is 40.9 Å². The zero-order chi connectivity index (χ0) is 25.6. The first kappa shape index (κ1) is 24.5. The highest BCUT2D eigenvalue weighted by atomic mass is 32.2. The van der Waals surface area contributed by atoms with Gasteiger partial charge in [0.15, 0.2) is 5.78 Å². The molecule has 5 rings (SSSR count). The van der Waals surface area contributed by atoms with Gasteiger partial charge in [0.1, 0.15) is 0 Å². The van der Waals surface area contributed by atoms with E-state index in [1.165, 1.54) is 0 Å². The van der Waals surface area contributed by atoms with Crippen LogP contribution in [0.2, 0.25) is 0 Å². The first-order valence-corrected chi connectivity index (χ1v) is 13.9. The first-order valence-electron chi connectivity index (χ1n) is 12.4. The molecular formula is C29H32N2O4S. The van der Waals surface area contributed by atoms with Crippen molar-refractivity contribution in [1.29, 1.82) is 0 Å². The van der Waals surface area contributed by atoms with Gasteiger partial charge in [0.05, 0.1) is 17.0 Å². The topological polar surface area (TPSA) is 84.5 Å². The fraction of sp³-hybridized carbons (Fsp3) is 0.345. The van der Waals surface area contributed by atoms with Gasteiger partial charge in [0.25, 0.3) is 10.0 Å².